The second kappa shape index (κ2) is 11.7. The SMILES string of the molecule is CCNC(=NCc1ccc(N2CC(C)OC(C)C2)nc1)NCc1sccc1C.I. The lowest BCUT2D eigenvalue weighted by Gasteiger charge is -2.36. The molecule has 2 aromatic rings. The van der Waals surface area contributed by atoms with Gasteiger partial charge in [-0.15, -0.1) is 35.3 Å². The predicted octanol–water partition coefficient (Wildman–Crippen LogP) is 3.94. The fourth-order valence-electron chi connectivity index (χ4n) is 3.32. The molecule has 2 aromatic heterocycles. The van der Waals surface area contributed by atoms with E-state index in [2.05, 4.69) is 71.8 Å². The molecule has 0 saturated carbocycles. The molecule has 1 fully saturated rings. The number of nitrogens with one attached hydrogen (secondary N) is 2. The van der Waals surface area contributed by atoms with E-state index in [0.29, 0.717) is 6.54 Å². The first-order valence-corrected chi connectivity index (χ1v) is 10.8. The van der Waals surface area contributed by atoms with Crippen LogP contribution in [0.3, 0.4) is 0 Å². The largest absolute Gasteiger partial charge is 0.372 e. The highest BCUT2D eigenvalue weighted by Crippen LogP contribution is 2.18. The highest BCUT2D eigenvalue weighted by Gasteiger charge is 2.22. The van der Waals surface area contributed by atoms with Crippen molar-refractivity contribution in [3.05, 3.63) is 45.8 Å². The maximum absolute atomic E-state index is 5.81. The van der Waals surface area contributed by atoms with Gasteiger partial charge >= 0.3 is 0 Å². The van der Waals surface area contributed by atoms with Gasteiger partial charge in [-0.1, -0.05) is 6.07 Å². The van der Waals surface area contributed by atoms with Gasteiger partial charge in [0.2, 0.25) is 0 Å². The second-order valence-electron chi connectivity index (χ2n) is 7.26. The summed E-state index contributed by atoms with van der Waals surface area (Å²) in [5.41, 5.74) is 2.42. The molecule has 0 amide bonds. The zero-order valence-corrected chi connectivity index (χ0v) is 20.8. The maximum atomic E-state index is 5.81. The molecule has 2 N–H and O–H groups in total. The van der Waals surface area contributed by atoms with E-state index in [9.17, 15) is 0 Å². The molecule has 1 aliphatic heterocycles. The van der Waals surface area contributed by atoms with Crippen molar-refractivity contribution in [1.82, 2.24) is 15.6 Å². The average Bonchev–Trinajstić information content (AvgIpc) is 3.08. The molecule has 0 radical (unpaired) electrons. The molecule has 1 aliphatic rings. The van der Waals surface area contributed by atoms with Gasteiger partial charge in [0.25, 0.3) is 0 Å². The Hall–Kier alpha value is -1.39. The number of rotatable bonds is 6. The first kappa shape index (κ1) is 23.9. The molecule has 2 atom stereocenters. The summed E-state index contributed by atoms with van der Waals surface area (Å²) in [6, 6.07) is 6.35. The second-order valence-corrected chi connectivity index (χ2v) is 8.26. The van der Waals surface area contributed by atoms with E-state index in [4.69, 9.17) is 9.73 Å². The first-order chi connectivity index (χ1) is 13.5. The van der Waals surface area contributed by atoms with Gasteiger partial charge < -0.3 is 20.3 Å². The number of hydrogen-bond donors (Lipinski definition) is 2. The Labute approximate surface area is 195 Å². The van der Waals surface area contributed by atoms with Crippen LogP contribution in [0.1, 0.15) is 36.8 Å². The van der Waals surface area contributed by atoms with Crippen LogP contribution in [0, 0.1) is 6.92 Å². The highest BCUT2D eigenvalue weighted by molar-refractivity contribution is 14.0. The summed E-state index contributed by atoms with van der Waals surface area (Å²) in [5.74, 6) is 1.84. The molecular formula is C21H32IN5OS. The van der Waals surface area contributed by atoms with Crippen molar-refractivity contribution < 1.29 is 4.74 Å². The van der Waals surface area contributed by atoms with Crippen molar-refractivity contribution >= 4 is 47.1 Å². The van der Waals surface area contributed by atoms with Crippen molar-refractivity contribution in [1.29, 1.82) is 0 Å². The number of aliphatic imine (C=N–C) groups is 1. The van der Waals surface area contributed by atoms with Crippen LogP contribution in [0.15, 0.2) is 34.8 Å². The Morgan fingerprint density at radius 1 is 1.24 bits per heavy atom. The monoisotopic (exact) mass is 529 g/mol. The van der Waals surface area contributed by atoms with E-state index in [-0.39, 0.29) is 36.2 Å². The summed E-state index contributed by atoms with van der Waals surface area (Å²) in [6.45, 7) is 12.4. The normalized spacial score (nSPS) is 19.6. The molecule has 8 heteroatoms. The first-order valence-electron chi connectivity index (χ1n) is 9.95. The molecule has 1 saturated heterocycles. The van der Waals surface area contributed by atoms with Crippen LogP contribution in [0.5, 0.6) is 0 Å². The number of aromatic nitrogens is 1. The van der Waals surface area contributed by atoms with Gasteiger partial charge in [0, 0.05) is 30.7 Å². The van der Waals surface area contributed by atoms with Gasteiger partial charge in [0.15, 0.2) is 5.96 Å². The molecule has 3 heterocycles. The summed E-state index contributed by atoms with van der Waals surface area (Å²) in [6.07, 6.45) is 2.39. The lowest BCUT2D eigenvalue weighted by atomic mass is 10.2. The molecule has 0 spiro atoms. The zero-order valence-electron chi connectivity index (χ0n) is 17.6. The number of halogens is 1. The van der Waals surface area contributed by atoms with Crippen LogP contribution in [0.2, 0.25) is 0 Å². The summed E-state index contributed by atoms with van der Waals surface area (Å²) in [4.78, 5) is 13.0. The fourth-order valence-corrected chi connectivity index (χ4v) is 4.17. The molecular weight excluding hydrogens is 497 g/mol. The Bertz CT molecular complexity index is 770. The van der Waals surface area contributed by atoms with Gasteiger partial charge in [-0.2, -0.15) is 0 Å². The molecule has 0 bridgehead atoms. The minimum Gasteiger partial charge on any atom is -0.372 e. The average molecular weight is 529 g/mol. The van der Waals surface area contributed by atoms with Crippen LogP contribution >= 0.6 is 35.3 Å². The molecule has 2 unspecified atom stereocenters. The topological polar surface area (TPSA) is 61.8 Å². The minimum absolute atomic E-state index is 0. The number of hydrogen-bond acceptors (Lipinski definition) is 5. The third kappa shape index (κ3) is 7.11. The van der Waals surface area contributed by atoms with Crippen molar-refractivity contribution in [2.75, 3.05) is 24.5 Å². The summed E-state index contributed by atoms with van der Waals surface area (Å²) in [7, 11) is 0. The minimum atomic E-state index is 0. The molecule has 0 aromatic carbocycles. The van der Waals surface area contributed by atoms with Crippen LogP contribution < -0.4 is 15.5 Å². The third-order valence-corrected chi connectivity index (χ3v) is 5.72. The van der Waals surface area contributed by atoms with Gasteiger partial charge in [-0.25, -0.2) is 9.98 Å². The molecule has 6 nitrogen and oxygen atoms in total. The Kier molecular flexibility index (Phi) is 9.64. The van der Waals surface area contributed by atoms with Gasteiger partial charge in [-0.05, 0) is 56.3 Å². The van der Waals surface area contributed by atoms with Gasteiger partial charge in [-0.3, -0.25) is 0 Å². The quantitative estimate of drug-likeness (QED) is 0.337. The number of guanidine groups is 1. The number of ether oxygens (including phenoxy) is 1. The van der Waals surface area contributed by atoms with Crippen LogP contribution in [-0.4, -0.2) is 42.8 Å². The molecule has 29 heavy (non-hydrogen) atoms. The number of morpholine rings is 1. The zero-order chi connectivity index (χ0) is 19.9. The molecule has 160 valence electrons. The van der Waals surface area contributed by atoms with E-state index in [1.165, 1.54) is 10.4 Å². The lowest BCUT2D eigenvalue weighted by molar-refractivity contribution is -0.00545. The third-order valence-electron chi connectivity index (χ3n) is 4.70. The molecule has 3 rings (SSSR count). The van der Waals surface area contributed by atoms with E-state index >= 15 is 0 Å². The van der Waals surface area contributed by atoms with Crippen molar-refractivity contribution in [3.63, 3.8) is 0 Å². The Morgan fingerprint density at radius 3 is 2.59 bits per heavy atom. The van der Waals surface area contributed by atoms with Crippen molar-refractivity contribution in [3.8, 4) is 0 Å². The van der Waals surface area contributed by atoms with E-state index in [0.717, 1.165) is 43.5 Å². The number of aryl methyl sites for hydroxylation is 1. The number of thiophene rings is 1. The van der Waals surface area contributed by atoms with Crippen LogP contribution in [0.25, 0.3) is 0 Å². The van der Waals surface area contributed by atoms with Gasteiger partial charge in [0.05, 0.1) is 25.3 Å². The predicted molar refractivity (Wildman–Crippen MR) is 133 cm³/mol. The molecule has 0 aliphatic carbocycles. The number of anilines is 1. The smallest absolute Gasteiger partial charge is 0.191 e. The number of pyridine rings is 1. The summed E-state index contributed by atoms with van der Waals surface area (Å²) >= 11 is 1.77. The summed E-state index contributed by atoms with van der Waals surface area (Å²) in [5, 5.41) is 8.85. The maximum Gasteiger partial charge on any atom is 0.191 e. The fraction of sp³-hybridized carbons (Fsp3) is 0.524. The lowest BCUT2D eigenvalue weighted by Crippen LogP contribution is -2.45. The standard InChI is InChI=1S/C21H31N5OS.HI/c1-5-22-21(25-12-19-15(2)8-9-28-19)24-11-18-6-7-20(23-10-18)26-13-16(3)27-17(4)14-26;/h6-10,16-17H,5,11-14H2,1-4H3,(H2,22,24,25);1H. The highest BCUT2D eigenvalue weighted by atomic mass is 127. The van der Waals surface area contributed by atoms with Crippen LogP contribution in [-0.2, 0) is 17.8 Å². The van der Waals surface area contributed by atoms with E-state index in [1.54, 1.807) is 11.3 Å². The van der Waals surface area contributed by atoms with Crippen LogP contribution in [0.4, 0.5) is 5.82 Å². The Balaban J connectivity index is 0.00000300. The number of nitrogens with zero attached hydrogens (tertiary/aromatic N) is 3. The van der Waals surface area contributed by atoms with Gasteiger partial charge in [0.1, 0.15) is 5.82 Å². The van der Waals surface area contributed by atoms with E-state index < -0.39 is 0 Å². The Morgan fingerprint density at radius 2 is 2.00 bits per heavy atom. The van der Waals surface area contributed by atoms with Crippen molar-refractivity contribution in [2.24, 2.45) is 4.99 Å². The summed E-state index contributed by atoms with van der Waals surface area (Å²) < 4.78 is 5.81. The van der Waals surface area contributed by atoms with E-state index in [1.807, 2.05) is 6.20 Å². The van der Waals surface area contributed by atoms with Crippen molar-refractivity contribution in [2.45, 2.75) is 53.0 Å².